The summed E-state index contributed by atoms with van der Waals surface area (Å²) in [7, 11) is 0. The Morgan fingerprint density at radius 1 is 1.53 bits per heavy atom. The number of carbonyl (C=O) groups is 1. The third kappa shape index (κ3) is 3.11. The predicted octanol–water partition coefficient (Wildman–Crippen LogP) is 2.71. The average Bonchev–Trinajstić information content (AvgIpc) is 2.94. The number of carboxylic acids is 1. The van der Waals surface area contributed by atoms with Crippen LogP contribution in [0.25, 0.3) is 0 Å². The number of carboxylic acid groups (broad SMARTS) is 1. The number of aromatic carboxylic acids is 1. The summed E-state index contributed by atoms with van der Waals surface area (Å²) in [6.45, 7) is 6.12. The summed E-state index contributed by atoms with van der Waals surface area (Å²) in [5.41, 5.74) is -0.124. The Labute approximate surface area is 114 Å². The molecular weight excluding hydrogens is 268 g/mol. The fourth-order valence-electron chi connectivity index (χ4n) is 1.40. The fraction of sp³-hybridized carbons (Fsp3) is 0.417. The highest BCUT2D eigenvalue weighted by molar-refractivity contribution is 7.14. The standard InChI is InChI=1S/C12H14N2O4S/c1-12(2,3)8-4-7(10(19-8)11(15)16)17-5-9-13-6-14-18-9/h4,6H,5H2,1-3H3,(H,15,16). The van der Waals surface area contributed by atoms with Gasteiger partial charge in [0.2, 0.25) is 0 Å². The van der Waals surface area contributed by atoms with Crippen molar-refractivity contribution in [2.45, 2.75) is 32.8 Å². The van der Waals surface area contributed by atoms with E-state index in [-0.39, 0.29) is 16.9 Å². The monoisotopic (exact) mass is 282 g/mol. The first-order valence-corrected chi connectivity index (χ1v) is 6.45. The quantitative estimate of drug-likeness (QED) is 0.928. The van der Waals surface area contributed by atoms with Crippen molar-refractivity contribution in [3.8, 4) is 5.75 Å². The van der Waals surface area contributed by atoms with Crippen molar-refractivity contribution in [1.82, 2.24) is 10.1 Å². The van der Waals surface area contributed by atoms with Crippen molar-refractivity contribution < 1.29 is 19.2 Å². The lowest BCUT2D eigenvalue weighted by Crippen LogP contribution is -2.08. The number of hydrogen-bond acceptors (Lipinski definition) is 6. The molecule has 2 rings (SSSR count). The molecule has 0 saturated heterocycles. The molecule has 0 spiro atoms. The zero-order valence-corrected chi connectivity index (χ0v) is 11.7. The van der Waals surface area contributed by atoms with Gasteiger partial charge >= 0.3 is 5.97 Å². The van der Waals surface area contributed by atoms with E-state index in [9.17, 15) is 9.90 Å². The largest absolute Gasteiger partial charge is 0.482 e. The summed E-state index contributed by atoms with van der Waals surface area (Å²) in [4.78, 5) is 16.2. The molecule has 0 aromatic carbocycles. The lowest BCUT2D eigenvalue weighted by atomic mass is 9.95. The van der Waals surface area contributed by atoms with E-state index in [1.54, 1.807) is 6.07 Å². The Morgan fingerprint density at radius 2 is 2.26 bits per heavy atom. The third-order valence-corrected chi connectivity index (χ3v) is 3.92. The van der Waals surface area contributed by atoms with E-state index >= 15 is 0 Å². The minimum atomic E-state index is -0.999. The highest BCUT2D eigenvalue weighted by atomic mass is 32.1. The van der Waals surface area contributed by atoms with Crippen LogP contribution in [0.2, 0.25) is 0 Å². The molecule has 0 atom stereocenters. The molecule has 0 amide bonds. The zero-order valence-electron chi connectivity index (χ0n) is 10.8. The van der Waals surface area contributed by atoms with Crippen molar-refractivity contribution >= 4 is 17.3 Å². The van der Waals surface area contributed by atoms with E-state index < -0.39 is 5.97 Å². The molecule has 0 aliphatic rings. The number of hydrogen-bond donors (Lipinski definition) is 1. The van der Waals surface area contributed by atoms with Gasteiger partial charge in [-0.05, 0) is 11.5 Å². The summed E-state index contributed by atoms with van der Waals surface area (Å²) >= 11 is 1.22. The van der Waals surface area contributed by atoms with Gasteiger partial charge in [-0.2, -0.15) is 4.98 Å². The van der Waals surface area contributed by atoms with E-state index in [1.807, 2.05) is 20.8 Å². The van der Waals surface area contributed by atoms with Crippen LogP contribution in [0.5, 0.6) is 5.75 Å². The molecule has 0 unspecified atom stereocenters. The van der Waals surface area contributed by atoms with Crippen molar-refractivity contribution in [1.29, 1.82) is 0 Å². The molecule has 0 aliphatic carbocycles. The summed E-state index contributed by atoms with van der Waals surface area (Å²) in [5.74, 6) is -0.360. The smallest absolute Gasteiger partial charge is 0.349 e. The van der Waals surface area contributed by atoms with Gasteiger partial charge in [0, 0.05) is 4.88 Å². The van der Waals surface area contributed by atoms with E-state index in [4.69, 9.17) is 9.26 Å². The third-order valence-electron chi connectivity index (χ3n) is 2.39. The molecule has 0 fully saturated rings. The molecule has 0 radical (unpaired) electrons. The molecule has 2 heterocycles. The molecular formula is C12H14N2O4S. The second-order valence-electron chi connectivity index (χ2n) is 4.98. The molecule has 7 heteroatoms. The minimum absolute atomic E-state index is 0.0561. The zero-order chi connectivity index (χ0) is 14.0. The van der Waals surface area contributed by atoms with Crippen LogP contribution in [0, 0.1) is 0 Å². The lowest BCUT2D eigenvalue weighted by molar-refractivity contribution is 0.0697. The van der Waals surface area contributed by atoms with Crippen molar-refractivity contribution in [2.24, 2.45) is 0 Å². The summed E-state index contributed by atoms with van der Waals surface area (Å²) in [6.07, 6.45) is 1.27. The Kier molecular flexibility index (Phi) is 3.57. The molecule has 2 aromatic rings. The topological polar surface area (TPSA) is 85.5 Å². The van der Waals surface area contributed by atoms with Crippen LogP contribution in [-0.2, 0) is 12.0 Å². The van der Waals surface area contributed by atoms with Gasteiger partial charge in [-0.1, -0.05) is 25.9 Å². The van der Waals surface area contributed by atoms with Gasteiger partial charge in [0.25, 0.3) is 5.89 Å². The summed E-state index contributed by atoms with van der Waals surface area (Å²) in [6, 6.07) is 1.75. The Morgan fingerprint density at radius 3 is 2.79 bits per heavy atom. The number of rotatable bonds is 4. The summed E-state index contributed by atoms with van der Waals surface area (Å²) in [5, 5.41) is 12.6. The highest BCUT2D eigenvalue weighted by Gasteiger charge is 2.24. The van der Waals surface area contributed by atoms with E-state index in [0.29, 0.717) is 11.6 Å². The summed E-state index contributed by atoms with van der Waals surface area (Å²) < 4.78 is 10.3. The molecule has 19 heavy (non-hydrogen) atoms. The number of aromatic nitrogens is 2. The second kappa shape index (κ2) is 5.00. The van der Waals surface area contributed by atoms with Crippen molar-refractivity contribution in [3.63, 3.8) is 0 Å². The van der Waals surface area contributed by atoms with Crippen LogP contribution in [0.3, 0.4) is 0 Å². The van der Waals surface area contributed by atoms with Gasteiger partial charge in [0.05, 0.1) is 0 Å². The van der Waals surface area contributed by atoms with Crippen molar-refractivity contribution in [3.05, 3.63) is 28.0 Å². The first kappa shape index (κ1) is 13.5. The fourth-order valence-corrected chi connectivity index (χ4v) is 2.40. The Bertz CT molecular complexity index is 569. The Balaban J connectivity index is 2.23. The SMILES string of the molecule is CC(C)(C)c1cc(OCc2ncno2)c(C(=O)O)s1. The second-order valence-corrected chi connectivity index (χ2v) is 6.04. The van der Waals surface area contributed by atoms with Gasteiger partial charge in [0.1, 0.15) is 5.75 Å². The van der Waals surface area contributed by atoms with Crippen LogP contribution in [0.15, 0.2) is 16.9 Å². The maximum absolute atomic E-state index is 11.2. The van der Waals surface area contributed by atoms with Gasteiger partial charge in [-0.25, -0.2) is 4.79 Å². The van der Waals surface area contributed by atoms with E-state index in [2.05, 4.69) is 10.1 Å². The van der Waals surface area contributed by atoms with Gasteiger partial charge in [0.15, 0.2) is 17.8 Å². The van der Waals surface area contributed by atoms with Crippen LogP contribution in [0.1, 0.15) is 41.2 Å². The highest BCUT2D eigenvalue weighted by Crippen LogP contribution is 2.37. The Hall–Kier alpha value is -1.89. The van der Waals surface area contributed by atoms with E-state index in [0.717, 1.165) is 4.88 Å². The average molecular weight is 282 g/mol. The van der Waals surface area contributed by atoms with Crippen LogP contribution >= 0.6 is 11.3 Å². The minimum Gasteiger partial charge on any atom is -0.482 e. The van der Waals surface area contributed by atoms with E-state index in [1.165, 1.54) is 17.7 Å². The molecule has 1 N–H and O–H groups in total. The first-order chi connectivity index (χ1) is 8.88. The number of nitrogens with zero attached hydrogens (tertiary/aromatic N) is 2. The molecule has 102 valence electrons. The molecule has 6 nitrogen and oxygen atoms in total. The first-order valence-electron chi connectivity index (χ1n) is 5.64. The molecule has 0 aliphatic heterocycles. The number of thiophene rings is 1. The van der Waals surface area contributed by atoms with Crippen LogP contribution in [-0.4, -0.2) is 21.2 Å². The van der Waals surface area contributed by atoms with Crippen molar-refractivity contribution in [2.75, 3.05) is 0 Å². The maximum Gasteiger partial charge on any atom is 0.349 e. The van der Waals surface area contributed by atoms with Crippen LogP contribution < -0.4 is 4.74 Å². The predicted molar refractivity (Wildman–Crippen MR) is 68.6 cm³/mol. The molecule has 0 bridgehead atoms. The normalized spacial score (nSPS) is 11.5. The van der Waals surface area contributed by atoms with Gasteiger partial charge in [-0.3, -0.25) is 0 Å². The number of ether oxygens (including phenoxy) is 1. The van der Waals surface area contributed by atoms with Crippen LogP contribution in [0.4, 0.5) is 0 Å². The van der Waals surface area contributed by atoms with Gasteiger partial charge < -0.3 is 14.4 Å². The maximum atomic E-state index is 11.2. The molecule has 2 aromatic heterocycles. The van der Waals surface area contributed by atoms with Gasteiger partial charge in [-0.15, -0.1) is 11.3 Å². The lowest BCUT2D eigenvalue weighted by Gasteiger charge is -2.14. The molecule has 0 saturated carbocycles.